The molecule has 3 fully saturated rings. The lowest BCUT2D eigenvalue weighted by Crippen LogP contribution is -2.42. The summed E-state index contributed by atoms with van der Waals surface area (Å²) in [5.74, 6) is 3.41. The second-order valence-electron chi connectivity index (χ2n) is 9.90. The Morgan fingerprint density at radius 3 is 2.32 bits per heavy atom. The molecule has 0 radical (unpaired) electrons. The van der Waals surface area contributed by atoms with Crippen LogP contribution in [0.3, 0.4) is 0 Å². The minimum Gasteiger partial charge on any atom is -0.493 e. The largest absolute Gasteiger partial charge is 0.493 e. The third-order valence-electron chi connectivity index (χ3n) is 7.83. The van der Waals surface area contributed by atoms with Crippen LogP contribution in [0.4, 0.5) is 0 Å². The van der Waals surface area contributed by atoms with Gasteiger partial charge < -0.3 is 14.5 Å². The van der Waals surface area contributed by atoms with Crippen molar-refractivity contribution in [2.75, 3.05) is 32.8 Å². The number of rotatable bonds is 6. The lowest BCUT2D eigenvalue weighted by atomic mass is 9.78. The summed E-state index contributed by atoms with van der Waals surface area (Å²) in [5, 5.41) is 0. The summed E-state index contributed by atoms with van der Waals surface area (Å²) in [6.45, 7) is 5.69. The summed E-state index contributed by atoms with van der Waals surface area (Å²) in [7, 11) is 0. The molecular weight excluding hydrogens is 388 g/mol. The van der Waals surface area contributed by atoms with Crippen LogP contribution in [0.1, 0.15) is 58.3 Å². The molecule has 2 heterocycles. The summed E-state index contributed by atoms with van der Waals surface area (Å²) in [4.78, 5) is 29.0. The zero-order valence-corrected chi connectivity index (χ0v) is 19.0. The van der Waals surface area contributed by atoms with E-state index in [1.807, 2.05) is 35.2 Å². The number of nitrogens with zero attached hydrogens (tertiary/aromatic N) is 2. The van der Waals surface area contributed by atoms with Crippen LogP contribution >= 0.6 is 0 Å². The second-order valence-corrected chi connectivity index (χ2v) is 9.90. The second kappa shape index (κ2) is 10.5. The third-order valence-corrected chi connectivity index (χ3v) is 7.83. The predicted octanol–water partition coefficient (Wildman–Crippen LogP) is 4.37. The van der Waals surface area contributed by atoms with Gasteiger partial charge in [-0.15, -0.1) is 0 Å². The Kier molecular flexibility index (Phi) is 7.52. The molecule has 2 saturated heterocycles. The van der Waals surface area contributed by atoms with Crippen LogP contribution in [0.5, 0.6) is 5.75 Å². The quantitative estimate of drug-likeness (QED) is 0.679. The first-order valence-corrected chi connectivity index (χ1v) is 12.3. The fourth-order valence-corrected chi connectivity index (χ4v) is 5.93. The van der Waals surface area contributed by atoms with Crippen LogP contribution in [0.2, 0.25) is 0 Å². The first-order valence-electron chi connectivity index (χ1n) is 12.3. The molecule has 1 saturated carbocycles. The highest BCUT2D eigenvalue weighted by molar-refractivity contribution is 5.76. The summed E-state index contributed by atoms with van der Waals surface area (Å²) in [5.41, 5.74) is 0. The van der Waals surface area contributed by atoms with Gasteiger partial charge in [-0.25, -0.2) is 0 Å². The van der Waals surface area contributed by atoms with Crippen molar-refractivity contribution in [2.45, 2.75) is 58.3 Å². The van der Waals surface area contributed by atoms with Gasteiger partial charge in [-0.3, -0.25) is 9.59 Å². The maximum Gasteiger partial charge on any atom is 0.222 e. The van der Waals surface area contributed by atoms with Crippen molar-refractivity contribution in [3.63, 3.8) is 0 Å². The van der Waals surface area contributed by atoms with Gasteiger partial charge in [-0.2, -0.15) is 0 Å². The lowest BCUT2D eigenvalue weighted by molar-refractivity contribution is -0.134. The van der Waals surface area contributed by atoms with Crippen molar-refractivity contribution in [1.29, 1.82) is 0 Å². The molecule has 0 unspecified atom stereocenters. The average molecular weight is 427 g/mol. The molecule has 5 nitrogen and oxygen atoms in total. The van der Waals surface area contributed by atoms with E-state index in [1.54, 1.807) is 6.92 Å². The van der Waals surface area contributed by atoms with Crippen LogP contribution in [0.25, 0.3) is 0 Å². The van der Waals surface area contributed by atoms with Gasteiger partial charge in [0.2, 0.25) is 11.8 Å². The normalized spacial score (nSPS) is 25.6. The van der Waals surface area contributed by atoms with E-state index in [0.717, 1.165) is 51.2 Å². The maximum atomic E-state index is 12.8. The van der Waals surface area contributed by atoms with Crippen molar-refractivity contribution in [3.05, 3.63) is 30.3 Å². The third kappa shape index (κ3) is 5.81. The van der Waals surface area contributed by atoms with E-state index in [0.29, 0.717) is 36.2 Å². The van der Waals surface area contributed by atoms with Crippen LogP contribution in [-0.4, -0.2) is 54.4 Å². The first-order chi connectivity index (χ1) is 15.1. The number of ether oxygens (including phenoxy) is 1. The zero-order valence-electron chi connectivity index (χ0n) is 19.0. The van der Waals surface area contributed by atoms with Crippen molar-refractivity contribution in [2.24, 2.45) is 23.7 Å². The molecular formula is C26H38N2O3. The topological polar surface area (TPSA) is 49.9 Å². The maximum absolute atomic E-state index is 12.8. The highest BCUT2D eigenvalue weighted by atomic mass is 16.5. The molecule has 5 heteroatoms. The van der Waals surface area contributed by atoms with Gasteiger partial charge in [0, 0.05) is 45.4 Å². The highest BCUT2D eigenvalue weighted by Crippen LogP contribution is 2.37. The van der Waals surface area contributed by atoms with E-state index in [4.69, 9.17) is 4.74 Å². The van der Waals surface area contributed by atoms with E-state index in [2.05, 4.69) is 4.90 Å². The molecule has 2 aliphatic heterocycles. The number of amides is 2. The summed E-state index contributed by atoms with van der Waals surface area (Å²) in [6, 6.07) is 9.95. The highest BCUT2D eigenvalue weighted by Gasteiger charge is 2.40. The number of para-hydroxylation sites is 1. The van der Waals surface area contributed by atoms with E-state index in [9.17, 15) is 9.59 Å². The molecule has 170 valence electrons. The van der Waals surface area contributed by atoms with Crippen LogP contribution in [0, 0.1) is 23.7 Å². The average Bonchev–Trinajstić information content (AvgIpc) is 3.24. The molecule has 2 atom stereocenters. The number of piperidine rings is 1. The van der Waals surface area contributed by atoms with Crippen LogP contribution in [-0.2, 0) is 9.59 Å². The molecule has 0 bridgehead atoms. The van der Waals surface area contributed by atoms with Gasteiger partial charge in [0.15, 0.2) is 0 Å². The SMILES string of the molecule is CC(=O)N1C[C@@H](COc2ccccc2)[C@H](C2CCN(C(=O)CC3CCCCC3)CC2)C1. The molecule has 3 aliphatic rings. The molecule has 0 N–H and O–H groups in total. The van der Waals surface area contributed by atoms with Crippen LogP contribution in [0.15, 0.2) is 30.3 Å². The molecule has 2 amide bonds. The van der Waals surface area contributed by atoms with Crippen molar-refractivity contribution in [3.8, 4) is 5.75 Å². The number of carbonyl (C=O) groups excluding carboxylic acids is 2. The Labute approximate surface area is 187 Å². The monoisotopic (exact) mass is 426 g/mol. The lowest BCUT2D eigenvalue weighted by Gasteiger charge is -2.37. The van der Waals surface area contributed by atoms with Crippen molar-refractivity contribution in [1.82, 2.24) is 9.80 Å². The minimum atomic E-state index is 0.160. The number of hydrogen-bond donors (Lipinski definition) is 0. The molecule has 0 aromatic heterocycles. The van der Waals surface area contributed by atoms with E-state index in [-0.39, 0.29) is 5.91 Å². The smallest absolute Gasteiger partial charge is 0.222 e. The van der Waals surface area contributed by atoms with E-state index >= 15 is 0 Å². The van der Waals surface area contributed by atoms with Gasteiger partial charge in [0.05, 0.1) is 6.61 Å². The molecule has 31 heavy (non-hydrogen) atoms. The van der Waals surface area contributed by atoms with Gasteiger partial charge in [-0.05, 0) is 55.6 Å². The van der Waals surface area contributed by atoms with E-state index in [1.165, 1.54) is 32.1 Å². The van der Waals surface area contributed by atoms with Gasteiger partial charge >= 0.3 is 0 Å². The Morgan fingerprint density at radius 2 is 1.65 bits per heavy atom. The minimum absolute atomic E-state index is 0.160. The van der Waals surface area contributed by atoms with Gasteiger partial charge in [0.25, 0.3) is 0 Å². The predicted molar refractivity (Wildman–Crippen MR) is 122 cm³/mol. The fourth-order valence-electron chi connectivity index (χ4n) is 5.93. The summed E-state index contributed by atoms with van der Waals surface area (Å²) < 4.78 is 6.08. The number of benzene rings is 1. The van der Waals surface area contributed by atoms with Gasteiger partial charge in [0.1, 0.15) is 5.75 Å². The fraction of sp³-hybridized carbons (Fsp3) is 0.692. The molecule has 4 rings (SSSR count). The molecule has 1 aromatic carbocycles. The van der Waals surface area contributed by atoms with Crippen molar-refractivity contribution >= 4 is 11.8 Å². The number of carbonyl (C=O) groups is 2. The summed E-state index contributed by atoms with van der Waals surface area (Å²) >= 11 is 0. The van der Waals surface area contributed by atoms with Gasteiger partial charge in [-0.1, -0.05) is 37.5 Å². The Morgan fingerprint density at radius 1 is 0.935 bits per heavy atom. The summed E-state index contributed by atoms with van der Waals surface area (Å²) in [6.07, 6.45) is 9.23. The standard InChI is InChI=1S/C26H38N2O3/c1-20(29)28-17-23(19-31-24-10-6-3-7-11-24)25(18-28)22-12-14-27(15-13-22)26(30)16-21-8-4-2-5-9-21/h3,6-7,10-11,21-23,25H,2,4-5,8-9,12-19H2,1H3/t23-,25-/m0/s1. The number of hydrogen-bond acceptors (Lipinski definition) is 3. The Bertz CT molecular complexity index is 723. The zero-order chi connectivity index (χ0) is 21.6. The molecule has 1 aromatic rings. The van der Waals surface area contributed by atoms with Crippen LogP contribution < -0.4 is 4.74 Å². The molecule has 1 aliphatic carbocycles. The first kappa shape index (κ1) is 22.2. The van der Waals surface area contributed by atoms with E-state index < -0.39 is 0 Å². The Hall–Kier alpha value is -2.04. The Balaban J connectivity index is 1.30. The number of likely N-dealkylation sites (tertiary alicyclic amines) is 2. The molecule has 0 spiro atoms. The van der Waals surface area contributed by atoms with Crippen molar-refractivity contribution < 1.29 is 14.3 Å².